The Balaban J connectivity index is 1.75. The van der Waals surface area contributed by atoms with Crippen molar-refractivity contribution in [1.82, 2.24) is 0 Å². The summed E-state index contributed by atoms with van der Waals surface area (Å²) >= 11 is 0. The largest absolute Gasteiger partial charge is 0.508 e. The zero-order chi connectivity index (χ0) is 18.4. The van der Waals surface area contributed by atoms with E-state index in [0.717, 1.165) is 11.1 Å². The Labute approximate surface area is 155 Å². The van der Waals surface area contributed by atoms with Gasteiger partial charge in [-0.25, -0.2) is 0 Å². The number of rotatable bonds is 7. The molecule has 0 spiro atoms. The Kier molecular flexibility index (Phi) is 6.11. The van der Waals surface area contributed by atoms with Crippen LogP contribution in [-0.2, 0) is 11.1 Å². The fourth-order valence-corrected chi connectivity index (χ4v) is 3.30. The van der Waals surface area contributed by atoms with Gasteiger partial charge in [0, 0.05) is 5.56 Å². The fourth-order valence-electron chi connectivity index (χ4n) is 2.34. The average molecular weight is 368 g/mol. The molecule has 0 bridgehead atoms. The molecule has 0 radical (unpaired) electrons. The van der Waals surface area contributed by atoms with Crippen LogP contribution < -0.4 is 9.05 Å². The Morgan fingerprint density at radius 3 is 1.88 bits per heavy atom. The molecule has 26 heavy (non-hydrogen) atoms. The standard InChI is InChI=1S/C21H21O4P/c1-16-7-5-10-19(13-16)24-26(25-20-11-6-8-17(2)14-20)23-15-18-9-3-4-12-21(18)22/h3-14,22H,15H2,1-2H3. The van der Waals surface area contributed by atoms with Crippen LogP contribution in [0.1, 0.15) is 16.7 Å². The molecule has 3 aromatic rings. The molecule has 4 nitrogen and oxygen atoms in total. The zero-order valence-corrected chi connectivity index (χ0v) is 15.6. The van der Waals surface area contributed by atoms with Gasteiger partial charge in [0.05, 0.1) is 6.61 Å². The van der Waals surface area contributed by atoms with Gasteiger partial charge in [0.25, 0.3) is 0 Å². The summed E-state index contributed by atoms with van der Waals surface area (Å²) in [5, 5.41) is 9.92. The highest BCUT2D eigenvalue weighted by molar-refractivity contribution is 7.42. The number of phenols is 1. The molecular weight excluding hydrogens is 347 g/mol. The highest BCUT2D eigenvalue weighted by atomic mass is 31.2. The second kappa shape index (κ2) is 8.70. The lowest BCUT2D eigenvalue weighted by Gasteiger charge is -2.18. The lowest BCUT2D eigenvalue weighted by Crippen LogP contribution is -2.01. The Bertz CT molecular complexity index is 818. The van der Waals surface area contributed by atoms with Crippen LogP contribution in [-0.4, -0.2) is 5.11 Å². The quantitative estimate of drug-likeness (QED) is 0.527. The topological polar surface area (TPSA) is 47.9 Å². The predicted octanol–water partition coefficient (Wildman–Crippen LogP) is 5.91. The number of para-hydroxylation sites is 1. The smallest absolute Gasteiger partial charge is 0.463 e. The van der Waals surface area contributed by atoms with Gasteiger partial charge in [0.15, 0.2) is 0 Å². The molecule has 0 aromatic heterocycles. The molecule has 0 amide bonds. The van der Waals surface area contributed by atoms with Crippen LogP contribution in [0, 0.1) is 13.8 Å². The van der Waals surface area contributed by atoms with Gasteiger partial charge in [-0.2, -0.15) is 0 Å². The minimum Gasteiger partial charge on any atom is -0.508 e. The van der Waals surface area contributed by atoms with Crippen LogP contribution in [0.3, 0.4) is 0 Å². The van der Waals surface area contributed by atoms with Crippen LogP contribution in [0.2, 0.25) is 0 Å². The van der Waals surface area contributed by atoms with Gasteiger partial charge in [-0.1, -0.05) is 42.5 Å². The van der Waals surface area contributed by atoms with E-state index in [4.69, 9.17) is 13.6 Å². The molecule has 0 saturated carbocycles. The Hall–Kier alpha value is -2.55. The molecule has 0 aliphatic carbocycles. The maximum atomic E-state index is 9.92. The van der Waals surface area contributed by atoms with Crippen molar-refractivity contribution in [2.24, 2.45) is 0 Å². The van der Waals surface area contributed by atoms with E-state index >= 15 is 0 Å². The number of hydrogen-bond acceptors (Lipinski definition) is 4. The van der Waals surface area contributed by atoms with E-state index in [9.17, 15) is 5.11 Å². The highest BCUT2D eigenvalue weighted by Gasteiger charge is 2.18. The lowest BCUT2D eigenvalue weighted by atomic mass is 10.2. The van der Waals surface area contributed by atoms with E-state index in [1.807, 2.05) is 74.5 Å². The van der Waals surface area contributed by atoms with E-state index in [0.29, 0.717) is 17.1 Å². The summed E-state index contributed by atoms with van der Waals surface area (Å²) in [4.78, 5) is 0. The minimum atomic E-state index is -1.69. The molecule has 0 aliphatic heterocycles. The maximum absolute atomic E-state index is 9.92. The highest BCUT2D eigenvalue weighted by Crippen LogP contribution is 2.43. The predicted molar refractivity (Wildman–Crippen MR) is 103 cm³/mol. The van der Waals surface area contributed by atoms with E-state index < -0.39 is 8.60 Å². The summed E-state index contributed by atoms with van der Waals surface area (Å²) in [6, 6.07) is 22.5. The molecule has 3 rings (SSSR count). The SMILES string of the molecule is Cc1cccc(OP(OCc2ccccc2O)Oc2cccc(C)c2)c1. The molecular formula is C21H21O4P. The molecule has 0 aliphatic rings. The third-order valence-electron chi connectivity index (χ3n) is 3.66. The number of aryl methyl sites for hydroxylation is 2. The molecule has 0 unspecified atom stereocenters. The van der Waals surface area contributed by atoms with Crippen molar-refractivity contribution in [2.45, 2.75) is 20.5 Å². The van der Waals surface area contributed by atoms with Gasteiger partial charge < -0.3 is 14.2 Å². The molecule has 5 heteroatoms. The number of hydrogen-bond donors (Lipinski definition) is 1. The normalized spacial score (nSPS) is 10.7. The zero-order valence-electron chi connectivity index (χ0n) is 14.8. The van der Waals surface area contributed by atoms with Crippen LogP contribution in [0.4, 0.5) is 0 Å². The first-order chi connectivity index (χ1) is 12.6. The van der Waals surface area contributed by atoms with E-state index in [1.165, 1.54) is 0 Å². The summed E-state index contributed by atoms with van der Waals surface area (Å²) in [6.07, 6.45) is 0. The summed E-state index contributed by atoms with van der Waals surface area (Å²) < 4.78 is 17.7. The van der Waals surface area contributed by atoms with Crippen LogP contribution >= 0.6 is 8.60 Å². The van der Waals surface area contributed by atoms with Gasteiger partial charge in [-0.3, -0.25) is 4.52 Å². The average Bonchev–Trinajstić information content (AvgIpc) is 2.61. The van der Waals surface area contributed by atoms with Crippen LogP contribution in [0.5, 0.6) is 17.2 Å². The van der Waals surface area contributed by atoms with Crippen molar-refractivity contribution in [2.75, 3.05) is 0 Å². The summed E-state index contributed by atoms with van der Waals surface area (Å²) in [6.45, 7) is 4.19. The molecule has 0 atom stereocenters. The fraction of sp³-hybridized carbons (Fsp3) is 0.143. The van der Waals surface area contributed by atoms with Gasteiger partial charge in [-0.05, 0) is 55.3 Å². The number of aromatic hydroxyl groups is 1. The van der Waals surface area contributed by atoms with Crippen LogP contribution in [0.15, 0.2) is 72.8 Å². The van der Waals surface area contributed by atoms with Crippen molar-refractivity contribution < 1.29 is 18.7 Å². The van der Waals surface area contributed by atoms with Gasteiger partial charge >= 0.3 is 8.60 Å². The summed E-state index contributed by atoms with van der Waals surface area (Å²) in [5.74, 6) is 1.55. The monoisotopic (exact) mass is 368 g/mol. The summed E-state index contributed by atoms with van der Waals surface area (Å²) in [7, 11) is -1.69. The minimum absolute atomic E-state index is 0.188. The second-order valence-corrected chi connectivity index (χ2v) is 7.01. The van der Waals surface area contributed by atoms with E-state index in [1.54, 1.807) is 12.1 Å². The summed E-state index contributed by atoms with van der Waals surface area (Å²) in [5.41, 5.74) is 2.86. The van der Waals surface area contributed by atoms with Gasteiger partial charge in [0.2, 0.25) is 0 Å². The van der Waals surface area contributed by atoms with Crippen LogP contribution in [0.25, 0.3) is 0 Å². The van der Waals surface area contributed by atoms with Crippen molar-refractivity contribution in [3.05, 3.63) is 89.5 Å². The second-order valence-electron chi connectivity index (χ2n) is 5.94. The first kappa shape index (κ1) is 18.2. The van der Waals surface area contributed by atoms with Gasteiger partial charge in [-0.15, -0.1) is 0 Å². The van der Waals surface area contributed by atoms with Crippen molar-refractivity contribution in [3.8, 4) is 17.2 Å². The Morgan fingerprint density at radius 1 is 0.769 bits per heavy atom. The molecule has 0 heterocycles. The van der Waals surface area contributed by atoms with Crippen molar-refractivity contribution >= 4 is 8.60 Å². The lowest BCUT2D eigenvalue weighted by molar-refractivity contribution is 0.252. The molecule has 134 valence electrons. The Morgan fingerprint density at radius 2 is 1.35 bits per heavy atom. The molecule has 0 saturated heterocycles. The molecule has 3 aromatic carbocycles. The van der Waals surface area contributed by atoms with Crippen molar-refractivity contribution in [1.29, 1.82) is 0 Å². The van der Waals surface area contributed by atoms with E-state index in [2.05, 4.69) is 0 Å². The third-order valence-corrected chi connectivity index (χ3v) is 4.72. The third kappa shape index (κ3) is 5.22. The first-order valence-electron chi connectivity index (χ1n) is 8.29. The molecule has 0 fully saturated rings. The van der Waals surface area contributed by atoms with E-state index in [-0.39, 0.29) is 12.4 Å². The van der Waals surface area contributed by atoms with Gasteiger partial charge in [0.1, 0.15) is 17.2 Å². The van der Waals surface area contributed by atoms with Crippen molar-refractivity contribution in [3.63, 3.8) is 0 Å². The number of phenolic OH excluding ortho intramolecular Hbond substituents is 1. The number of benzene rings is 3. The maximum Gasteiger partial charge on any atom is 0.463 e. The first-order valence-corrected chi connectivity index (χ1v) is 9.39. The molecule has 1 N–H and O–H groups in total.